The average molecular weight is 339 g/mol. The molecule has 5 heterocycles. The summed E-state index contributed by atoms with van der Waals surface area (Å²) >= 11 is 0. The third-order valence-electron chi connectivity index (χ3n) is 4.88. The minimum atomic E-state index is 0.885. The summed E-state index contributed by atoms with van der Waals surface area (Å²) in [5, 5.41) is 5.37. The van der Waals surface area contributed by atoms with E-state index in [4.69, 9.17) is 0 Å². The summed E-state index contributed by atoms with van der Waals surface area (Å²) in [6, 6.07) is 10.5. The van der Waals surface area contributed by atoms with Crippen molar-refractivity contribution in [2.24, 2.45) is 0 Å². The van der Waals surface area contributed by atoms with Gasteiger partial charge in [-0.3, -0.25) is 4.98 Å². The molecule has 0 radical (unpaired) electrons. The van der Waals surface area contributed by atoms with Crippen LogP contribution in [0.5, 0.6) is 0 Å². The highest BCUT2D eigenvalue weighted by Crippen LogP contribution is 2.33. The molecule has 0 aliphatic carbocycles. The Morgan fingerprint density at radius 1 is 0.962 bits per heavy atom. The van der Waals surface area contributed by atoms with E-state index in [0.717, 1.165) is 44.5 Å². The van der Waals surface area contributed by atoms with Gasteiger partial charge in [-0.05, 0) is 55.3 Å². The van der Waals surface area contributed by atoms with E-state index in [0.29, 0.717) is 0 Å². The predicted octanol–water partition coefficient (Wildman–Crippen LogP) is 4.56. The van der Waals surface area contributed by atoms with Crippen LogP contribution in [-0.2, 0) is 0 Å². The fraction of sp³-hybridized carbons (Fsp3) is 0.0952. The topological polar surface area (TPSA) is 58.9 Å². The maximum absolute atomic E-state index is 4.64. The van der Waals surface area contributed by atoms with E-state index in [2.05, 4.69) is 45.2 Å². The van der Waals surface area contributed by atoms with Gasteiger partial charge in [0.05, 0.1) is 5.52 Å². The van der Waals surface area contributed by atoms with E-state index >= 15 is 0 Å². The number of aryl methyl sites for hydroxylation is 2. The molecule has 0 aliphatic heterocycles. The van der Waals surface area contributed by atoms with Crippen molar-refractivity contribution in [1.82, 2.24) is 24.6 Å². The highest BCUT2D eigenvalue weighted by atomic mass is 15.2. The number of aromatic nitrogens is 5. The number of fused-ring (bicyclic) bond motifs is 2. The van der Waals surface area contributed by atoms with Crippen molar-refractivity contribution in [2.75, 3.05) is 0 Å². The zero-order chi connectivity index (χ0) is 17.7. The van der Waals surface area contributed by atoms with Crippen molar-refractivity contribution in [3.05, 3.63) is 72.6 Å². The second-order valence-electron chi connectivity index (χ2n) is 6.53. The molecule has 0 aliphatic rings. The number of hydrogen-bond donors (Lipinski definition) is 1. The van der Waals surface area contributed by atoms with Gasteiger partial charge in [0.25, 0.3) is 0 Å². The second kappa shape index (κ2) is 5.52. The molecule has 5 heteroatoms. The van der Waals surface area contributed by atoms with Gasteiger partial charge in [0.1, 0.15) is 5.65 Å². The SMILES string of the molecule is Cc1ccnc(C)c1-c1cnc2[nH]cc(-c3ccn4nccc4c3)c2c1. The van der Waals surface area contributed by atoms with Crippen LogP contribution in [0.4, 0.5) is 0 Å². The van der Waals surface area contributed by atoms with Crippen LogP contribution in [0, 0.1) is 13.8 Å². The Balaban J connectivity index is 1.72. The Morgan fingerprint density at radius 2 is 1.88 bits per heavy atom. The van der Waals surface area contributed by atoms with Crippen molar-refractivity contribution in [2.45, 2.75) is 13.8 Å². The number of nitrogens with zero attached hydrogens (tertiary/aromatic N) is 4. The van der Waals surface area contributed by atoms with Crippen LogP contribution < -0.4 is 0 Å². The highest BCUT2D eigenvalue weighted by molar-refractivity contribution is 5.96. The maximum atomic E-state index is 4.64. The van der Waals surface area contributed by atoms with Crippen molar-refractivity contribution >= 4 is 16.6 Å². The van der Waals surface area contributed by atoms with E-state index < -0.39 is 0 Å². The van der Waals surface area contributed by atoms with Crippen molar-refractivity contribution in [3.8, 4) is 22.3 Å². The van der Waals surface area contributed by atoms with Crippen molar-refractivity contribution in [3.63, 3.8) is 0 Å². The first-order valence-corrected chi connectivity index (χ1v) is 8.54. The molecule has 0 bridgehead atoms. The van der Waals surface area contributed by atoms with Gasteiger partial charge in [0, 0.05) is 58.8 Å². The number of hydrogen-bond acceptors (Lipinski definition) is 3. The lowest BCUT2D eigenvalue weighted by atomic mass is 9.99. The van der Waals surface area contributed by atoms with Gasteiger partial charge in [0.2, 0.25) is 0 Å². The summed E-state index contributed by atoms with van der Waals surface area (Å²) in [4.78, 5) is 12.4. The minimum absolute atomic E-state index is 0.885. The Hall–Kier alpha value is -3.47. The standard InChI is InChI=1S/C21H17N5/c1-13-3-6-22-14(2)20(13)16-10-18-19(12-24-21(18)23-11-16)15-5-8-26-17(9-15)4-7-25-26/h3-12H,1-2H3,(H,23,24). The zero-order valence-electron chi connectivity index (χ0n) is 14.6. The molecule has 5 aromatic heterocycles. The monoisotopic (exact) mass is 339 g/mol. The molecule has 126 valence electrons. The van der Waals surface area contributed by atoms with Gasteiger partial charge in [-0.15, -0.1) is 0 Å². The average Bonchev–Trinajstić information content (AvgIpc) is 3.27. The second-order valence-corrected chi connectivity index (χ2v) is 6.53. The quantitative estimate of drug-likeness (QED) is 0.513. The molecule has 0 aromatic carbocycles. The van der Waals surface area contributed by atoms with Crippen molar-refractivity contribution < 1.29 is 0 Å². The van der Waals surface area contributed by atoms with Gasteiger partial charge in [-0.25, -0.2) is 9.50 Å². The van der Waals surface area contributed by atoms with Gasteiger partial charge in [-0.2, -0.15) is 5.10 Å². The van der Waals surface area contributed by atoms with Crippen LogP contribution in [0.3, 0.4) is 0 Å². The molecular weight excluding hydrogens is 322 g/mol. The first-order chi connectivity index (χ1) is 12.7. The summed E-state index contributed by atoms with van der Waals surface area (Å²) in [6.07, 6.45) is 9.58. The Bertz CT molecular complexity index is 1240. The maximum Gasteiger partial charge on any atom is 0.137 e. The van der Waals surface area contributed by atoms with E-state index in [9.17, 15) is 0 Å². The zero-order valence-corrected chi connectivity index (χ0v) is 14.6. The summed E-state index contributed by atoms with van der Waals surface area (Å²) in [6.45, 7) is 4.15. The number of aromatic amines is 1. The minimum Gasteiger partial charge on any atom is -0.346 e. The van der Waals surface area contributed by atoms with E-state index in [1.165, 1.54) is 5.56 Å². The molecular formula is C21H17N5. The van der Waals surface area contributed by atoms with Gasteiger partial charge < -0.3 is 4.98 Å². The van der Waals surface area contributed by atoms with Crippen molar-refractivity contribution in [1.29, 1.82) is 0 Å². The Kier molecular flexibility index (Phi) is 3.15. The van der Waals surface area contributed by atoms with E-state index in [-0.39, 0.29) is 0 Å². The Labute approximate surface area is 150 Å². The van der Waals surface area contributed by atoms with E-state index in [1.807, 2.05) is 54.6 Å². The molecule has 0 fully saturated rings. The fourth-order valence-electron chi connectivity index (χ4n) is 3.60. The largest absolute Gasteiger partial charge is 0.346 e. The van der Waals surface area contributed by atoms with Crippen LogP contribution >= 0.6 is 0 Å². The molecule has 5 nitrogen and oxygen atoms in total. The fourth-order valence-corrected chi connectivity index (χ4v) is 3.60. The van der Waals surface area contributed by atoms with Gasteiger partial charge in [0.15, 0.2) is 0 Å². The molecule has 5 aromatic rings. The molecule has 26 heavy (non-hydrogen) atoms. The third kappa shape index (κ3) is 2.21. The first kappa shape index (κ1) is 14.8. The molecule has 5 rings (SSSR count). The summed E-state index contributed by atoms with van der Waals surface area (Å²) in [7, 11) is 0. The molecule has 0 unspecified atom stereocenters. The van der Waals surface area contributed by atoms with Crippen LogP contribution in [0.1, 0.15) is 11.3 Å². The first-order valence-electron chi connectivity index (χ1n) is 8.54. The lowest BCUT2D eigenvalue weighted by molar-refractivity contribution is 0.962. The van der Waals surface area contributed by atoms with Crippen LogP contribution in [0.2, 0.25) is 0 Å². The predicted molar refractivity (Wildman–Crippen MR) is 103 cm³/mol. The van der Waals surface area contributed by atoms with Gasteiger partial charge in [-0.1, -0.05) is 0 Å². The Morgan fingerprint density at radius 3 is 2.77 bits per heavy atom. The van der Waals surface area contributed by atoms with Gasteiger partial charge >= 0.3 is 0 Å². The normalized spacial score (nSPS) is 11.5. The molecule has 0 saturated heterocycles. The van der Waals surface area contributed by atoms with Crippen LogP contribution in [0.25, 0.3) is 38.8 Å². The summed E-state index contributed by atoms with van der Waals surface area (Å²) in [5.41, 5.74) is 8.70. The summed E-state index contributed by atoms with van der Waals surface area (Å²) < 4.78 is 1.87. The number of pyridine rings is 3. The number of nitrogens with one attached hydrogen (secondary N) is 1. The number of H-pyrrole nitrogens is 1. The summed E-state index contributed by atoms with van der Waals surface area (Å²) in [5.74, 6) is 0. The highest BCUT2D eigenvalue weighted by Gasteiger charge is 2.12. The third-order valence-corrected chi connectivity index (χ3v) is 4.88. The molecule has 0 atom stereocenters. The molecule has 1 N–H and O–H groups in total. The van der Waals surface area contributed by atoms with Crippen LogP contribution in [0.15, 0.2) is 61.3 Å². The molecule has 0 saturated carbocycles. The lowest BCUT2D eigenvalue weighted by Crippen LogP contribution is -1.92. The smallest absolute Gasteiger partial charge is 0.137 e. The lowest BCUT2D eigenvalue weighted by Gasteiger charge is -2.09. The molecule has 0 amide bonds. The van der Waals surface area contributed by atoms with Crippen LogP contribution in [-0.4, -0.2) is 24.6 Å². The molecule has 0 spiro atoms. The number of rotatable bonds is 2. The van der Waals surface area contributed by atoms with E-state index in [1.54, 1.807) is 0 Å².